The molecule has 2 aliphatic heterocycles. The van der Waals surface area contributed by atoms with Crippen LogP contribution in [0.4, 0.5) is 23.7 Å². The number of ether oxygens (including phenoxy) is 2. The summed E-state index contributed by atoms with van der Waals surface area (Å²) in [5, 5.41) is 3.50. The van der Waals surface area contributed by atoms with Crippen molar-refractivity contribution in [2.45, 2.75) is 76.4 Å². The highest BCUT2D eigenvalue weighted by atomic mass is 19.4. The number of rotatable bonds is 5. The molecule has 1 unspecified atom stereocenters. The normalized spacial score (nSPS) is 21.9. The molecule has 212 valence electrons. The van der Waals surface area contributed by atoms with E-state index in [1.165, 1.54) is 31.2 Å². The van der Waals surface area contributed by atoms with Crippen LogP contribution in [0.3, 0.4) is 0 Å². The van der Waals surface area contributed by atoms with Gasteiger partial charge in [-0.2, -0.15) is 13.2 Å². The van der Waals surface area contributed by atoms with Gasteiger partial charge >= 0.3 is 12.3 Å². The summed E-state index contributed by atoms with van der Waals surface area (Å²) in [4.78, 5) is 28.5. The summed E-state index contributed by atoms with van der Waals surface area (Å²) in [7, 11) is 2.93. The standard InChI is InChI=1S/C29H36F3N3O4/c1-28(2,3)39-27(37)35-13-9-12-22(26(35)18-10-7-6-8-11-18)33-17-19-14-20-21(29(30,31)32)15-25(36)34(4)23(20)16-24(19)38-5/h6-8,10-11,14,16,21-22,26,33H,9,12-13,15,17H2,1-5H3/t21?,22-,26-/m0/s1. The van der Waals surface area contributed by atoms with E-state index in [-0.39, 0.29) is 29.9 Å². The molecule has 39 heavy (non-hydrogen) atoms. The fourth-order valence-electron chi connectivity index (χ4n) is 5.42. The van der Waals surface area contributed by atoms with Crippen molar-refractivity contribution in [2.24, 2.45) is 0 Å². The fraction of sp³-hybridized carbons (Fsp3) is 0.517. The monoisotopic (exact) mass is 547 g/mol. The van der Waals surface area contributed by atoms with Crippen molar-refractivity contribution in [1.82, 2.24) is 10.2 Å². The molecule has 2 aliphatic rings. The number of halogens is 3. The number of amides is 2. The zero-order valence-electron chi connectivity index (χ0n) is 23.0. The van der Waals surface area contributed by atoms with E-state index in [9.17, 15) is 22.8 Å². The van der Waals surface area contributed by atoms with Crippen molar-refractivity contribution in [1.29, 1.82) is 0 Å². The third kappa shape index (κ3) is 6.32. The first-order chi connectivity index (χ1) is 18.3. The lowest BCUT2D eigenvalue weighted by atomic mass is 9.87. The van der Waals surface area contributed by atoms with Gasteiger partial charge in [-0.15, -0.1) is 0 Å². The summed E-state index contributed by atoms with van der Waals surface area (Å²) in [6.45, 7) is 6.22. The Bertz CT molecular complexity index is 1200. The van der Waals surface area contributed by atoms with Crippen LogP contribution >= 0.6 is 0 Å². The van der Waals surface area contributed by atoms with Crippen LogP contribution in [-0.2, 0) is 16.1 Å². The van der Waals surface area contributed by atoms with Crippen molar-refractivity contribution in [2.75, 3.05) is 25.6 Å². The van der Waals surface area contributed by atoms with Crippen molar-refractivity contribution >= 4 is 17.7 Å². The minimum absolute atomic E-state index is 0.0563. The Morgan fingerprint density at radius 3 is 2.44 bits per heavy atom. The lowest BCUT2D eigenvalue weighted by Gasteiger charge is -2.42. The first-order valence-electron chi connectivity index (χ1n) is 13.1. The molecule has 2 aromatic carbocycles. The summed E-state index contributed by atoms with van der Waals surface area (Å²) in [6, 6.07) is 12.1. The fourth-order valence-corrected chi connectivity index (χ4v) is 5.42. The average Bonchev–Trinajstić information content (AvgIpc) is 2.87. The van der Waals surface area contributed by atoms with Crippen LogP contribution in [0.1, 0.15) is 68.7 Å². The second-order valence-corrected chi connectivity index (χ2v) is 11.1. The van der Waals surface area contributed by atoms with Gasteiger partial charge in [0.25, 0.3) is 0 Å². The molecule has 3 atom stereocenters. The number of piperidine rings is 1. The smallest absolute Gasteiger partial charge is 0.410 e. The summed E-state index contributed by atoms with van der Waals surface area (Å²) < 4.78 is 53.0. The molecule has 1 fully saturated rings. The van der Waals surface area contributed by atoms with Crippen molar-refractivity contribution in [3.63, 3.8) is 0 Å². The molecule has 2 amide bonds. The predicted octanol–water partition coefficient (Wildman–Crippen LogP) is 5.94. The molecular formula is C29H36F3N3O4. The number of hydrogen-bond acceptors (Lipinski definition) is 5. The molecule has 0 saturated carbocycles. The van der Waals surface area contributed by atoms with E-state index in [2.05, 4.69) is 5.32 Å². The Morgan fingerprint density at radius 2 is 1.82 bits per heavy atom. The van der Waals surface area contributed by atoms with Crippen molar-refractivity contribution < 1.29 is 32.2 Å². The van der Waals surface area contributed by atoms with Gasteiger partial charge in [-0.25, -0.2) is 4.79 Å². The second kappa shape index (κ2) is 11.1. The minimum Gasteiger partial charge on any atom is -0.496 e. The Morgan fingerprint density at radius 1 is 1.13 bits per heavy atom. The highest BCUT2D eigenvalue weighted by Crippen LogP contribution is 2.47. The zero-order valence-corrected chi connectivity index (χ0v) is 23.0. The number of fused-ring (bicyclic) bond motifs is 1. The zero-order chi connectivity index (χ0) is 28.5. The third-order valence-electron chi connectivity index (χ3n) is 7.27. The van der Waals surface area contributed by atoms with Crippen LogP contribution in [0.25, 0.3) is 0 Å². The topological polar surface area (TPSA) is 71.1 Å². The molecule has 0 spiro atoms. The quantitative estimate of drug-likeness (QED) is 0.502. The maximum Gasteiger partial charge on any atom is 0.410 e. The molecular weight excluding hydrogens is 511 g/mol. The number of likely N-dealkylation sites (tertiary alicyclic amines) is 1. The van der Waals surface area contributed by atoms with Gasteiger partial charge in [0, 0.05) is 44.2 Å². The first-order valence-corrected chi connectivity index (χ1v) is 13.1. The number of carbonyl (C=O) groups is 2. The van der Waals surface area contributed by atoms with E-state index >= 15 is 0 Å². The number of alkyl halides is 3. The summed E-state index contributed by atoms with van der Waals surface area (Å²) in [5.41, 5.74) is 1.09. The van der Waals surface area contributed by atoms with Crippen LogP contribution in [0.5, 0.6) is 5.75 Å². The van der Waals surface area contributed by atoms with Gasteiger partial charge in [0.1, 0.15) is 11.4 Å². The number of nitrogens with zero attached hydrogens (tertiary/aromatic N) is 2. The summed E-state index contributed by atoms with van der Waals surface area (Å²) in [5.74, 6) is -2.08. The van der Waals surface area contributed by atoms with Crippen LogP contribution < -0.4 is 15.0 Å². The van der Waals surface area contributed by atoms with Gasteiger partial charge in [-0.05, 0) is 50.8 Å². The molecule has 4 rings (SSSR count). The van der Waals surface area contributed by atoms with Gasteiger partial charge < -0.3 is 19.7 Å². The van der Waals surface area contributed by atoms with Gasteiger partial charge in [0.2, 0.25) is 5.91 Å². The number of benzene rings is 2. The molecule has 0 aliphatic carbocycles. The average molecular weight is 548 g/mol. The van der Waals surface area contributed by atoms with Crippen LogP contribution in [0, 0.1) is 0 Å². The Balaban J connectivity index is 1.65. The molecule has 0 bridgehead atoms. The Hall–Kier alpha value is -3.27. The van der Waals surface area contributed by atoms with Gasteiger partial charge in [-0.1, -0.05) is 30.3 Å². The third-order valence-corrected chi connectivity index (χ3v) is 7.27. The lowest BCUT2D eigenvalue weighted by Crippen LogP contribution is -2.51. The molecule has 0 aromatic heterocycles. The second-order valence-electron chi connectivity index (χ2n) is 11.1. The Labute approximate surface area is 227 Å². The van der Waals surface area contributed by atoms with E-state index in [1.807, 2.05) is 51.1 Å². The van der Waals surface area contributed by atoms with Crippen molar-refractivity contribution in [3.8, 4) is 5.75 Å². The molecule has 2 heterocycles. The number of methoxy groups -OCH3 is 1. The first kappa shape index (κ1) is 28.7. The van der Waals surface area contributed by atoms with E-state index in [4.69, 9.17) is 9.47 Å². The molecule has 0 radical (unpaired) electrons. The maximum absolute atomic E-state index is 13.9. The summed E-state index contributed by atoms with van der Waals surface area (Å²) >= 11 is 0. The van der Waals surface area contributed by atoms with Gasteiger partial charge in [0.05, 0.1) is 24.8 Å². The number of carbonyl (C=O) groups excluding carboxylic acids is 2. The molecule has 7 nitrogen and oxygen atoms in total. The van der Waals surface area contributed by atoms with Crippen LogP contribution in [-0.4, -0.2) is 55.4 Å². The highest BCUT2D eigenvalue weighted by molar-refractivity contribution is 5.97. The maximum atomic E-state index is 13.9. The molecule has 10 heteroatoms. The van der Waals surface area contributed by atoms with Gasteiger partial charge in [0.15, 0.2) is 0 Å². The van der Waals surface area contributed by atoms with E-state index < -0.39 is 36.1 Å². The van der Waals surface area contributed by atoms with Crippen LogP contribution in [0.2, 0.25) is 0 Å². The summed E-state index contributed by atoms with van der Waals surface area (Å²) in [6.07, 6.45) is -4.09. The molecule has 1 saturated heterocycles. The van der Waals surface area contributed by atoms with Crippen molar-refractivity contribution in [3.05, 3.63) is 59.2 Å². The van der Waals surface area contributed by atoms with E-state index in [0.29, 0.717) is 17.9 Å². The van der Waals surface area contributed by atoms with Gasteiger partial charge in [-0.3, -0.25) is 9.69 Å². The number of nitrogens with one attached hydrogen (secondary N) is 1. The largest absolute Gasteiger partial charge is 0.496 e. The molecule has 1 N–H and O–H groups in total. The van der Waals surface area contributed by atoms with E-state index in [0.717, 1.165) is 18.4 Å². The predicted molar refractivity (Wildman–Crippen MR) is 142 cm³/mol. The molecule has 2 aromatic rings. The Kier molecular flexibility index (Phi) is 8.16. The lowest BCUT2D eigenvalue weighted by molar-refractivity contribution is -0.157. The highest BCUT2D eigenvalue weighted by Gasteiger charge is 2.47. The van der Waals surface area contributed by atoms with Crippen LogP contribution in [0.15, 0.2) is 42.5 Å². The number of anilines is 1. The minimum atomic E-state index is -4.55. The SMILES string of the molecule is COc1cc2c(cc1CN[C@H]1CCCN(C(=O)OC(C)(C)C)[C@H]1c1ccccc1)C(C(F)(F)F)CC(=O)N2C. The number of hydrogen-bond donors (Lipinski definition) is 1. The van der Waals surface area contributed by atoms with E-state index in [1.54, 1.807) is 4.90 Å².